The van der Waals surface area contributed by atoms with Crippen LogP contribution in [0.3, 0.4) is 0 Å². The van der Waals surface area contributed by atoms with Crippen molar-refractivity contribution in [3.8, 4) is 0 Å². The highest BCUT2D eigenvalue weighted by atomic mass is 19.1. The zero-order chi connectivity index (χ0) is 14.7. The molecule has 1 aromatic rings. The molecule has 1 aromatic carbocycles. The van der Waals surface area contributed by atoms with Crippen molar-refractivity contribution in [2.24, 2.45) is 0 Å². The van der Waals surface area contributed by atoms with Crippen molar-refractivity contribution in [3.63, 3.8) is 0 Å². The van der Waals surface area contributed by atoms with Gasteiger partial charge in [0, 0.05) is 12.1 Å². The molecule has 1 heterocycles. The van der Waals surface area contributed by atoms with E-state index < -0.39 is 36.0 Å². The summed E-state index contributed by atoms with van der Waals surface area (Å²) in [4.78, 5) is 24.2. The minimum atomic E-state index is -1.20. The van der Waals surface area contributed by atoms with Crippen LogP contribution in [0.4, 0.5) is 8.78 Å². The molecule has 1 amide bonds. The van der Waals surface area contributed by atoms with Crippen molar-refractivity contribution < 1.29 is 28.2 Å². The van der Waals surface area contributed by atoms with Gasteiger partial charge in [0.15, 0.2) is 6.04 Å². The normalized spacial score (nSPS) is 18.9. The van der Waals surface area contributed by atoms with Gasteiger partial charge in [0.1, 0.15) is 11.6 Å². The zero-order valence-electron chi connectivity index (χ0n) is 10.5. The first-order chi connectivity index (χ1) is 9.50. The molecule has 0 radical (unpaired) electrons. The summed E-state index contributed by atoms with van der Waals surface area (Å²) < 4.78 is 32.0. The van der Waals surface area contributed by atoms with Gasteiger partial charge in [0.2, 0.25) is 5.91 Å². The Morgan fingerprint density at radius 3 is 2.60 bits per heavy atom. The lowest BCUT2D eigenvalue weighted by molar-refractivity contribution is -0.158. The molecule has 1 unspecified atom stereocenters. The number of nitrogens with zero attached hydrogens (tertiary/aromatic N) is 1. The van der Waals surface area contributed by atoms with Crippen molar-refractivity contribution in [1.82, 2.24) is 4.90 Å². The summed E-state index contributed by atoms with van der Waals surface area (Å²) in [7, 11) is 0. The molecule has 2 rings (SSSR count). The number of benzene rings is 1. The third kappa shape index (κ3) is 2.93. The van der Waals surface area contributed by atoms with E-state index in [9.17, 15) is 18.4 Å². The van der Waals surface area contributed by atoms with E-state index in [1.54, 1.807) is 0 Å². The van der Waals surface area contributed by atoms with Crippen LogP contribution in [0.15, 0.2) is 18.2 Å². The number of morpholine rings is 1. The van der Waals surface area contributed by atoms with Crippen LogP contribution in [0.5, 0.6) is 0 Å². The first kappa shape index (κ1) is 14.4. The predicted octanol–water partition coefficient (Wildman–Crippen LogP) is 0.819. The molecule has 0 spiro atoms. The van der Waals surface area contributed by atoms with E-state index in [0.717, 1.165) is 17.0 Å². The van der Waals surface area contributed by atoms with Crippen LogP contribution >= 0.6 is 0 Å². The molecule has 1 saturated heterocycles. The van der Waals surface area contributed by atoms with Gasteiger partial charge in [-0.3, -0.25) is 4.79 Å². The fraction of sp³-hybridized carbons (Fsp3) is 0.385. The molecule has 0 saturated carbocycles. The van der Waals surface area contributed by atoms with Crippen LogP contribution in [0.2, 0.25) is 0 Å². The highest BCUT2D eigenvalue weighted by Crippen LogP contribution is 2.16. The van der Waals surface area contributed by atoms with Crippen molar-refractivity contribution in [3.05, 3.63) is 35.4 Å². The number of carboxylic acids is 1. The monoisotopic (exact) mass is 285 g/mol. The Labute approximate surface area is 113 Å². The second-order valence-electron chi connectivity index (χ2n) is 4.39. The molecule has 20 heavy (non-hydrogen) atoms. The number of carboxylic acid groups (broad SMARTS) is 1. The Morgan fingerprint density at radius 2 is 2.00 bits per heavy atom. The van der Waals surface area contributed by atoms with Gasteiger partial charge >= 0.3 is 5.97 Å². The topological polar surface area (TPSA) is 66.8 Å². The Bertz CT molecular complexity index is 515. The number of ether oxygens (including phenoxy) is 1. The summed E-state index contributed by atoms with van der Waals surface area (Å²) in [5, 5.41) is 9.01. The highest BCUT2D eigenvalue weighted by molar-refractivity contribution is 5.85. The van der Waals surface area contributed by atoms with Crippen LogP contribution in [-0.2, 0) is 20.7 Å². The minimum Gasteiger partial charge on any atom is -0.480 e. The standard InChI is InChI=1S/C13H13F2NO4/c14-9-2-1-3-10(15)8(9)6-12(17)16-4-5-20-7-11(16)13(18)19/h1-3,11H,4-7H2,(H,18,19). The van der Waals surface area contributed by atoms with Gasteiger partial charge in [-0.2, -0.15) is 0 Å². The molecule has 0 aromatic heterocycles. The molecular formula is C13H13F2NO4. The second-order valence-corrected chi connectivity index (χ2v) is 4.39. The van der Waals surface area contributed by atoms with Gasteiger partial charge in [-0.05, 0) is 12.1 Å². The average Bonchev–Trinajstić information content (AvgIpc) is 2.43. The minimum absolute atomic E-state index is 0.0892. The van der Waals surface area contributed by atoms with E-state index in [2.05, 4.69) is 0 Å². The summed E-state index contributed by atoms with van der Waals surface area (Å²) in [5.41, 5.74) is -0.354. The SMILES string of the molecule is O=C(O)C1COCCN1C(=O)Cc1c(F)cccc1F. The third-order valence-electron chi connectivity index (χ3n) is 3.12. The summed E-state index contributed by atoms with van der Waals surface area (Å²) in [6.45, 7) is 0.169. The number of rotatable bonds is 3. The van der Waals surface area contributed by atoms with Crippen LogP contribution in [0, 0.1) is 11.6 Å². The number of amides is 1. The first-order valence-corrected chi connectivity index (χ1v) is 6.03. The number of hydrogen-bond donors (Lipinski definition) is 1. The molecule has 7 heteroatoms. The van der Waals surface area contributed by atoms with Gasteiger partial charge in [0.05, 0.1) is 19.6 Å². The lowest BCUT2D eigenvalue weighted by Crippen LogP contribution is -2.53. The molecule has 1 aliphatic heterocycles. The van der Waals surface area contributed by atoms with Crippen molar-refractivity contribution in [2.45, 2.75) is 12.5 Å². The highest BCUT2D eigenvalue weighted by Gasteiger charge is 2.33. The molecule has 1 aliphatic rings. The van der Waals surface area contributed by atoms with Crippen LogP contribution in [-0.4, -0.2) is 47.7 Å². The largest absolute Gasteiger partial charge is 0.480 e. The lowest BCUT2D eigenvalue weighted by atomic mass is 10.1. The van der Waals surface area contributed by atoms with E-state index in [-0.39, 0.29) is 25.3 Å². The van der Waals surface area contributed by atoms with Crippen LogP contribution < -0.4 is 0 Å². The van der Waals surface area contributed by atoms with Gasteiger partial charge in [-0.1, -0.05) is 6.07 Å². The summed E-state index contributed by atoms with van der Waals surface area (Å²) in [6.07, 6.45) is -0.512. The zero-order valence-corrected chi connectivity index (χ0v) is 10.5. The lowest BCUT2D eigenvalue weighted by Gasteiger charge is -2.33. The average molecular weight is 285 g/mol. The predicted molar refractivity (Wildman–Crippen MR) is 64.0 cm³/mol. The van der Waals surface area contributed by atoms with Crippen molar-refractivity contribution >= 4 is 11.9 Å². The molecule has 0 aliphatic carbocycles. The van der Waals surface area contributed by atoms with Gasteiger partial charge in [-0.15, -0.1) is 0 Å². The van der Waals surface area contributed by atoms with Crippen LogP contribution in [0.25, 0.3) is 0 Å². The van der Waals surface area contributed by atoms with E-state index in [4.69, 9.17) is 9.84 Å². The van der Waals surface area contributed by atoms with E-state index in [1.807, 2.05) is 0 Å². The number of hydrogen-bond acceptors (Lipinski definition) is 3. The maximum absolute atomic E-state index is 13.5. The van der Waals surface area contributed by atoms with Gasteiger partial charge in [0.25, 0.3) is 0 Å². The van der Waals surface area contributed by atoms with Gasteiger partial charge in [-0.25, -0.2) is 13.6 Å². The van der Waals surface area contributed by atoms with Crippen molar-refractivity contribution in [1.29, 1.82) is 0 Å². The number of carbonyl (C=O) groups is 2. The fourth-order valence-electron chi connectivity index (χ4n) is 2.06. The molecule has 1 N–H and O–H groups in total. The summed E-state index contributed by atoms with van der Waals surface area (Å²) in [6, 6.07) is 2.19. The smallest absolute Gasteiger partial charge is 0.328 e. The van der Waals surface area contributed by atoms with E-state index in [0.29, 0.717) is 0 Å². The van der Waals surface area contributed by atoms with Gasteiger partial charge < -0.3 is 14.7 Å². The summed E-state index contributed by atoms with van der Waals surface area (Å²) >= 11 is 0. The fourth-order valence-corrected chi connectivity index (χ4v) is 2.06. The second kappa shape index (κ2) is 5.96. The molecule has 5 nitrogen and oxygen atoms in total. The molecule has 108 valence electrons. The summed E-state index contributed by atoms with van der Waals surface area (Å²) in [5.74, 6) is -3.48. The Balaban J connectivity index is 2.16. The van der Waals surface area contributed by atoms with Crippen molar-refractivity contribution in [2.75, 3.05) is 19.8 Å². The number of aliphatic carboxylic acids is 1. The first-order valence-electron chi connectivity index (χ1n) is 6.03. The quantitative estimate of drug-likeness (QED) is 0.893. The Kier molecular flexibility index (Phi) is 4.29. The molecule has 0 bridgehead atoms. The number of carbonyl (C=O) groups excluding carboxylic acids is 1. The van der Waals surface area contributed by atoms with E-state index in [1.165, 1.54) is 6.07 Å². The molecular weight excluding hydrogens is 272 g/mol. The van der Waals surface area contributed by atoms with Crippen LogP contribution in [0.1, 0.15) is 5.56 Å². The molecule has 1 fully saturated rings. The molecule has 1 atom stereocenters. The Morgan fingerprint density at radius 1 is 1.35 bits per heavy atom. The third-order valence-corrected chi connectivity index (χ3v) is 3.12. The maximum atomic E-state index is 13.5. The maximum Gasteiger partial charge on any atom is 0.328 e. The number of halogens is 2. The Hall–Kier alpha value is -2.02. The van der Waals surface area contributed by atoms with E-state index >= 15 is 0 Å².